The van der Waals surface area contributed by atoms with Gasteiger partial charge in [0.05, 0.1) is 12.1 Å². The number of carbonyl (C=O) groups is 1. The molecule has 0 unspecified atom stereocenters. The van der Waals surface area contributed by atoms with Crippen molar-refractivity contribution in [2.24, 2.45) is 0 Å². The minimum Gasteiger partial charge on any atom is -0.408 e. The van der Waals surface area contributed by atoms with E-state index >= 15 is 0 Å². The molecule has 0 fully saturated rings. The summed E-state index contributed by atoms with van der Waals surface area (Å²) < 4.78 is 11.5. The van der Waals surface area contributed by atoms with E-state index in [4.69, 9.17) is 20.5 Å². The summed E-state index contributed by atoms with van der Waals surface area (Å²) in [6.07, 6.45) is 0. The van der Waals surface area contributed by atoms with Crippen molar-refractivity contribution >= 4 is 28.6 Å². The third-order valence-corrected chi connectivity index (χ3v) is 4.76. The summed E-state index contributed by atoms with van der Waals surface area (Å²) in [6.45, 7) is 2.42. The molecule has 0 spiro atoms. The van der Waals surface area contributed by atoms with Gasteiger partial charge in [-0.25, -0.2) is 4.79 Å². The minimum atomic E-state index is -0.574. The maximum Gasteiger partial charge on any atom is 0.420 e. The van der Waals surface area contributed by atoms with E-state index in [0.29, 0.717) is 22.7 Å². The normalized spacial score (nSPS) is 12.2. The first-order valence-electron chi connectivity index (χ1n) is 8.96. The molecule has 0 radical (unpaired) electrons. The molecule has 148 valence electrons. The molecule has 2 heterocycles. The molecule has 2 aromatic carbocycles. The van der Waals surface area contributed by atoms with Gasteiger partial charge >= 0.3 is 17.6 Å². The average Bonchev–Trinajstić information content (AvgIpc) is 3.32. The fourth-order valence-corrected chi connectivity index (χ4v) is 3.12. The fourth-order valence-electron chi connectivity index (χ4n) is 2.96. The summed E-state index contributed by atoms with van der Waals surface area (Å²) in [4.78, 5) is 28.5. The second-order valence-corrected chi connectivity index (χ2v) is 7.04. The predicted molar refractivity (Wildman–Crippen MR) is 106 cm³/mol. The molecule has 0 saturated heterocycles. The molecule has 0 aliphatic carbocycles. The number of nitrogens with one attached hydrogen (secondary N) is 1. The molecule has 0 aliphatic rings. The summed E-state index contributed by atoms with van der Waals surface area (Å²) in [6, 6.07) is 14.7. The van der Waals surface area contributed by atoms with E-state index in [0.717, 1.165) is 5.56 Å². The lowest BCUT2D eigenvalue weighted by Crippen LogP contribution is -2.27. The van der Waals surface area contributed by atoms with Gasteiger partial charge in [0, 0.05) is 11.6 Å². The molecule has 29 heavy (non-hydrogen) atoms. The van der Waals surface area contributed by atoms with Gasteiger partial charge in [0.1, 0.15) is 0 Å². The first-order valence-corrected chi connectivity index (χ1v) is 9.33. The van der Waals surface area contributed by atoms with Crippen molar-refractivity contribution in [3.05, 3.63) is 81.4 Å². The van der Waals surface area contributed by atoms with Crippen LogP contribution >= 0.6 is 11.6 Å². The van der Waals surface area contributed by atoms with Gasteiger partial charge in [-0.15, -0.1) is 0 Å². The molecule has 1 N–H and O–H groups in total. The van der Waals surface area contributed by atoms with Crippen molar-refractivity contribution in [1.29, 1.82) is 0 Å². The van der Waals surface area contributed by atoms with Crippen LogP contribution in [-0.4, -0.2) is 27.2 Å². The highest BCUT2D eigenvalue weighted by atomic mass is 35.5. The molecular weight excluding hydrogens is 396 g/mol. The number of rotatable bonds is 6. The van der Waals surface area contributed by atoms with E-state index in [-0.39, 0.29) is 24.2 Å². The molecule has 1 amide bonds. The Balaban J connectivity index is 1.45. The van der Waals surface area contributed by atoms with Gasteiger partial charge < -0.3 is 14.3 Å². The molecule has 0 bridgehead atoms. The summed E-state index contributed by atoms with van der Waals surface area (Å²) in [5, 5.41) is 7.03. The van der Waals surface area contributed by atoms with Crippen LogP contribution in [0.2, 0.25) is 5.02 Å². The van der Waals surface area contributed by atoms with Gasteiger partial charge in [0.25, 0.3) is 0 Å². The largest absolute Gasteiger partial charge is 0.420 e. The highest BCUT2D eigenvalue weighted by molar-refractivity contribution is 6.31. The van der Waals surface area contributed by atoms with Crippen molar-refractivity contribution in [3.8, 4) is 0 Å². The smallest absolute Gasteiger partial charge is 0.408 e. The zero-order chi connectivity index (χ0) is 20.4. The monoisotopic (exact) mass is 412 g/mol. The van der Waals surface area contributed by atoms with Gasteiger partial charge in [0.15, 0.2) is 11.4 Å². The van der Waals surface area contributed by atoms with Crippen molar-refractivity contribution in [2.45, 2.75) is 19.4 Å². The fraction of sp³-hybridized carbons (Fsp3) is 0.200. The number of fused-ring (bicyclic) bond motifs is 1. The summed E-state index contributed by atoms with van der Waals surface area (Å²) in [5.41, 5.74) is 2.02. The molecule has 4 aromatic rings. The maximum atomic E-state index is 12.3. The van der Waals surface area contributed by atoms with Crippen LogP contribution in [0.5, 0.6) is 0 Å². The van der Waals surface area contributed by atoms with Crippen LogP contribution in [0.25, 0.3) is 11.1 Å². The van der Waals surface area contributed by atoms with Crippen molar-refractivity contribution in [3.63, 3.8) is 0 Å². The summed E-state index contributed by atoms with van der Waals surface area (Å²) in [5.74, 6) is -0.910. The molecule has 0 saturated carbocycles. The number of benzene rings is 2. The number of aromatic nitrogens is 3. The molecule has 4 rings (SSSR count). The second-order valence-electron chi connectivity index (χ2n) is 6.60. The van der Waals surface area contributed by atoms with Gasteiger partial charge in [-0.05, 0) is 29.7 Å². The Morgan fingerprint density at radius 3 is 2.83 bits per heavy atom. The Labute approximate surface area is 170 Å². The lowest BCUT2D eigenvalue weighted by molar-refractivity contribution is 0.0907. The highest BCUT2D eigenvalue weighted by Crippen LogP contribution is 2.19. The maximum absolute atomic E-state index is 12.3. The molecule has 9 heteroatoms. The van der Waals surface area contributed by atoms with E-state index in [9.17, 15) is 9.59 Å². The first kappa shape index (κ1) is 18.9. The lowest BCUT2D eigenvalue weighted by Gasteiger charge is -2.11. The minimum absolute atomic E-state index is 0.0105. The van der Waals surface area contributed by atoms with Crippen LogP contribution in [0.3, 0.4) is 0 Å². The first-order chi connectivity index (χ1) is 14.0. The predicted octanol–water partition coefficient (Wildman–Crippen LogP) is 3.21. The van der Waals surface area contributed by atoms with Gasteiger partial charge in [-0.2, -0.15) is 4.98 Å². The van der Waals surface area contributed by atoms with Crippen LogP contribution < -0.4 is 11.1 Å². The third-order valence-electron chi connectivity index (χ3n) is 4.53. The second kappa shape index (κ2) is 7.92. The lowest BCUT2D eigenvalue weighted by atomic mass is 10.0. The number of oxazole rings is 1. The number of carbonyl (C=O) groups excluding carboxylic acids is 1. The number of hydrogen-bond donors (Lipinski definition) is 1. The molecule has 2 aromatic heterocycles. The highest BCUT2D eigenvalue weighted by Gasteiger charge is 2.18. The van der Waals surface area contributed by atoms with E-state index in [1.54, 1.807) is 18.2 Å². The van der Waals surface area contributed by atoms with Crippen molar-refractivity contribution < 1.29 is 13.7 Å². The topological polar surface area (TPSA) is 103 Å². The summed E-state index contributed by atoms with van der Waals surface area (Å²) in [7, 11) is 0. The van der Waals surface area contributed by atoms with Gasteiger partial charge in [0.2, 0.25) is 0 Å². The number of hydrogen-bond acceptors (Lipinski definition) is 6. The zero-order valence-electron chi connectivity index (χ0n) is 15.5. The summed E-state index contributed by atoms with van der Waals surface area (Å²) >= 11 is 5.99. The van der Waals surface area contributed by atoms with E-state index in [1.807, 2.05) is 37.3 Å². The van der Waals surface area contributed by atoms with E-state index in [1.165, 1.54) is 4.57 Å². The molecule has 1 atom stereocenters. The third kappa shape index (κ3) is 4.07. The van der Waals surface area contributed by atoms with Crippen LogP contribution in [0.15, 0.2) is 62.3 Å². The SMILES string of the molecule is C[C@@H](CNC(=O)c1nc(Cn2c(=O)oc3ccc(Cl)cc32)no1)c1ccccc1. The molecule has 0 aliphatic heterocycles. The van der Waals surface area contributed by atoms with Crippen LogP contribution in [0, 0.1) is 0 Å². The number of halogens is 1. The van der Waals surface area contributed by atoms with Gasteiger partial charge in [-0.3, -0.25) is 9.36 Å². The Morgan fingerprint density at radius 1 is 1.24 bits per heavy atom. The zero-order valence-corrected chi connectivity index (χ0v) is 16.2. The van der Waals surface area contributed by atoms with Gasteiger partial charge in [-0.1, -0.05) is 54.0 Å². The van der Waals surface area contributed by atoms with Crippen LogP contribution in [-0.2, 0) is 6.54 Å². The molecular formula is C20H17ClN4O4. The van der Waals surface area contributed by atoms with E-state index < -0.39 is 11.7 Å². The van der Waals surface area contributed by atoms with Crippen molar-refractivity contribution in [1.82, 2.24) is 20.0 Å². The Kier molecular flexibility index (Phi) is 5.18. The van der Waals surface area contributed by atoms with Crippen molar-refractivity contribution in [2.75, 3.05) is 6.54 Å². The molecule has 8 nitrogen and oxygen atoms in total. The van der Waals surface area contributed by atoms with Crippen LogP contribution in [0.4, 0.5) is 0 Å². The average molecular weight is 413 g/mol. The Hall–Kier alpha value is -3.39. The standard InChI is InChI=1S/C20H17ClN4O4/c1-12(13-5-3-2-4-6-13)10-22-18(26)19-23-17(24-29-19)11-25-15-9-14(21)7-8-16(15)28-20(25)27/h2-9,12H,10-11H2,1H3,(H,22,26)/t12-/m0/s1. The number of amides is 1. The quantitative estimate of drug-likeness (QED) is 0.521. The Morgan fingerprint density at radius 2 is 2.03 bits per heavy atom. The Bertz CT molecular complexity index is 1210. The van der Waals surface area contributed by atoms with E-state index in [2.05, 4.69) is 15.5 Å². The van der Waals surface area contributed by atoms with Crippen LogP contribution in [0.1, 0.15) is 34.9 Å². The number of nitrogens with zero attached hydrogens (tertiary/aromatic N) is 3.